The number of nitrogens with one attached hydrogen (secondary N) is 1. The third-order valence-corrected chi connectivity index (χ3v) is 4.20. The number of hydrogen-bond donors (Lipinski definition) is 1. The van der Waals surface area contributed by atoms with E-state index < -0.39 is 0 Å². The van der Waals surface area contributed by atoms with E-state index in [1.807, 2.05) is 25.1 Å². The molecule has 24 heavy (non-hydrogen) atoms. The lowest BCUT2D eigenvalue weighted by Crippen LogP contribution is -2.25. The Balaban J connectivity index is 2.07. The van der Waals surface area contributed by atoms with E-state index in [1.165, 1.54) is 11.3 Å². The molecule has 2 aromatic rings. The fraction of sp³-hybridized carbons (Fsp3) is 0.412. The minimum atomic E-state index is -0.184. The molecule has 0 unspecified atom stereocenters. The monoisotopic (exact) mass is 350 g/mol. The lowest BCUT2D eigenvalue weighted by molar-refractivity contribution is 0.0940. The van der Waals surface area contributed by atoms with Gasteiger partial charge in [-0.1, -0.05) is 6.07 Å². The van der Waals surface area contributed by atoms with Crippen molar-refractivity contribution < 1.29 is 19.0 Å². The van der Waals surface area contributed by atoms with Crippen molar-refractivity contribution in [1.29, 1.82) is 0 Å². The molecule has 130 valence electrons. The number of ether oxygens (including phenoxy) is 3. The van der Waals surface area contributed by atoms with Crippen LogP contribution in [-0.4, -0.2) is 44.9 Å². The predicted octanol–water partition coefficient (Wildman–Crippen LogP) is 2.98. The molecule has 0 aliphatic heterocycles. The molecule has 0 aliphatic rings. The first-order valence-corrected chi connectivity index (χ1v) is 8.62. The van der Waals surface area contributed by atoms with Crippen molar-refractivity contribution in [3.05, 3.63) is 29.3 Å². The molecule has 0 saturated heterocycles. The number of hydrogen-bond acceptors (Lipinski definition) is 6. The van der Waals surface area contributed by atoms with E-state index in [0.717, 1.165) is 12.0 Å². The van der Waals surface area contributed by atoms with Gasteiger partial charge in [-0.3, -0.25) is 4.79 Å². The Bertz CT molecular complexity index is 672. The molecular weight excluding hydrogens is 328 g/mol. The van der Waals surface area contributed by atoms with Crippen LogP contribution in [0, 0.1) is 0 Å². The van der Waals surface area contributed by atoms with Crippen LogP contribution in [0.25, 0.3) is 10.6 Å². The van der Waals surface area contributed by atoms with Gasteiger partial charge in [0.05, 0.1) is 19.8 Å². The minimum Gasteiger partial charge on any atom is -0.493 e. The summed E-state index contributed by atoms with van der Waals surface area (Å²) in [5.74, 6) is 1.06. The summed E-state index contributed by atoms with van der Waals surface area (Å²) >= 11 is 1.39. The van der Waals surface area contributed by atoms with Gasteiger partial charge in [0, 0.05) is 25.1 Å². The lowest BCUT2D eigenvalue weighted by atomic mass is 10.2. The summed E-state index contributed by atoms with van der Waals surface area (Å²) in [6.45, 7) is 3.84. The van der Waals surface area contributed by atoms with Crippen LogP contribution in [0.1, 0.15) is 23.8 Å². The Labute approximate surface area is 145 Å². The highest BCUT2D eigenvalue weighted by Crippen LogP contribution is 2.38. The highest BCUT2D eigenvalue weighted by molar-refractivity contribution is 7.13. The van der Waals surface area contributed by atoms with Crippen molar-refractivity contribution in [3.8, 4) is 22.1 Å². The van der Waals surface area contributed by atoms with Crippen LogP contribution in [0.5, 0.6) is 11.5 Å². The number of rotatable bonds is 9. The first kappa shape index (κ1) is 18.2. The second-order valence-corrected chi connectivity index (χ2v) is 5.74. The van der Waals surface area contributed by atoms with Gasteiger partial charge in [-0.15, -0.1) is 11.3 Å². The fourth-order valence-corrected chi connectivity index (χ4v) is 2.99. The van der Waals surface area contributed by atoms with E-state index in [9.17, 15) is 4.79 Å². The van der Waals surface area contributed by atoms with Gasteiger partial charge in [0.25, 0.3) is 5.91 Å². The molecule has 0 bridgehead atoms. The Morgan fingerprint density at radius 1 is 1.29 bits per heavy atom. The highest BCUT2D eigenvalue weighted by atomic mass is 32.1. The number of aromatic nitrogens is 1. The first-order valence-electron chi connectivity index (χ1n) is 7.74. The summed E-state index contributed by atoms with van der Waals surface area (Å²) < 4.78 is 16.0. The van der Waals surface area contributed by atoms with Crippen LogP contribution in [0.15, 0.2) is 23.6 Å². The lowest BCUT2D eigenvalue weighted by Gasteiger charge is -2.10. The van der Waals surface area contributed by atoms with Crippen molar-refractivity contribution >= 4 is 17.2 Å². The number of thiazole rings is 1. The molecule has 7 heteroatoms. The first-order chi connectivity index (χ1) is 11.7. The molecule has 2 rings (SSSR count). The maximum Gasteiger partial charge on any atom is 0.270 e. The largest absolute Gasteiger partial charge is 0.493 e. The Kier molecular flexibility index (Phi) is 7.02. The molecule has 1 aromatic carbocycles. The van der Waals surface area contributed by atoms with Crippen LogP contribution in [0.3, 0.4) is 0 Å². The van der Waals surface area contributed by atoms with Gasteiger partial charge in [0.15, 0.2) is 11.5 Å². The minimum absolute atomic E-state index is 0.184. The standard InChI is InChI=1S/C17H22N2O4S/c1-4-23-10-6-9-18-16(20)13-11-24-17(19-13)12-7-5-8-14(21-2)15(12)22-3/h5,7-8,11H,4,6,9-10H2,1-3H3,(H,18,20). The van der Waals surface area contributed by atoms with Crippen LogP contribution < -0.4 is 14.8 Å². The molecule has 0 saturated carbocycles. The Morgan fingerprint density at radius 2 is 2.12 bits per heavy atom. The molecule has 1 amide bonds. The zero-order valence-corrected chi connectivity index (χ0v) is 14.9. The summed E-state index contributed by atoms with van der Waals surface area (Å²) in [4.78, 5) is 16.6. The SMILES string of the molecule is CCOCCCNC(=O)c1csc(-c2cccc(OC)c2OC)n1. The maximum absolute atomic E-state index is 12.1. The number of para-hydroxylation sites is 1. The molecule has 0 atom stereocenters. The van der Waals surface area contributed by atoms with Crippen molar-refractivity contribution in [2.45, 2.75) is 13.3 Å². The fourth-order valence-electron chi connectivity index (χ4n) is 2.17. The smallest absolute Gasteiger partial charge is 0.270 e. The summed E-state index contributed by atoms with van der Waals surface area (Å²) in [5, 5.41) is 5.30. The predicted molar refractivity (Wildman–Crippen MR) is 94.1 cm³/mol. The van der Waals surface area contributed by atoms with E-state index in [2.05, 4.69) is 10.3 Å². The third-order valence-electron chi connectivity index (χ3n) is 3.33. The molecule has 6 nitrogen and oxygen atoms in total. The van der Waals surface area contributed by atoms with Gasteiger partial charge < -0.3 is 19.5 Å². The summed E-state index contributed by atoms with van der Waals surface area (Å²) in [5.41, 5.74) is 1.20. The van der Waals surface area contributed by atoms with Crippen LogP contribution in [0.2, 0.25) is 0 Å². The van der Waals surface area contributed by atoms with E-state index >= 15 is 0 Å². The number of amides is 1. The molecular formula is C17H22N2O4S. The van der Waals surface area contributed by atoms with Crippen molar-refractivity contribution in [2.75, 3.05) is 34.0 Å². The summed E-state index contributed by atoms with van der Waals surface area (Å²) in [6.07, 6.45) is 0.778. The summed E-state index contributed by atoms with van der Waals surface area (Å²) in [6, 6.07) is 5.58. The van der Waals surface area contributed by atoms with Crippen molar-refractivity contribution in [3.63, 3.8) is 0 Å². The number of carbonyl (C=O) groups is 1. The van der Waals surface area contributed by atoms with Crippen LogP contribution in [0.4, 0.5) is 0 Å². The zero-order valence-electron chi connectivity index (χ0n) is 14.1. The second-order valence-electron chi connectivity index (χ2n) is 4.89. The van der Waals surface area contributed by atoms with Crippen molar-refractivity contribution in [2.24, 2.45) is 0 Å². The van der Waals surface area contributed by atoms with Gasteiger partial charge in [-0.25, -0.2) is 4.98 Å². The van der Waals surface area contributed by atoms with Gasteiger partial charge in [0.2, 0.25) is 0 Å². The molecule has 0 spiro atoms. The molecule has 1 aromatic heterocycles. The topological polar surface area (TPSA) is 69.7 Å². The Hall–Kier alpha value is -2.12. The highest BCUT2D eigenvalue weighted by Gasteiger charge is 2.16. The second kappa shape index (κ2) is 9.24. The third kappa shape index (κ3) is 4.46. The summed E-state index contributed by atoms with van der Waals surface area (Å²) in [7, 11) is 3.17. The molecule has 1 heterocycles. The number of carbonyl (C=O) groups excluding carboxylic acids is 1. The van der Waals surface area contributed by atoms with E-state index in [0.29, 0.717) is 42.0 Å². The van der Waals surface area contributed by atoms with Gasteiger partial charge in [0.1, 0.15) is 10.7 Å². The van der Waals surface area contributed by atoms with Gasteiger partial charge >= 0.3 is 0 Å². The molecule has 0 radical (unpaired) electrons. The average Bonchev–Trinajstić information content (AvgIpc) is 3.10. The van der Waals surface area contributed by atoms with Crippen LogP contribution >= 0.6 is 11.3 Å². The quantitative estimate of drug-likeness (QED) is 0.704. The van der Waals surface area contributed by atoms with Gasteiger partial charge in [-0.05, 0) is 25.5 Å². The van der Waals surface area contributed by atoms with Gasteiger partial charge in [-0.2, -0.15) is 0 Å². The van der Waals surface area contributed by atoms with Crippen molar-refractivity contribution in [1.82, 2.24) is 10.3 Å². The van der Waals surface area contributed by atoms with E-state index in [-0.39, 0.29) is 5.91 Å². The van der Waals surface area contributed by atoms with Crippen LogP contribution in [-0.2, 0) is 4.74 Å². The zero-order chi connectivity index (χ0) is 17.4. The van der Waals surface area contributed by atoms with E-state index in [4.69, 9.17) is 14.2 Å². The number of methoxy groups -OCH3 is 2. The molecule has 0 fully saturated rings. The number of nitrogens with zero attached hydrogens (tertiary/aromatic N) is 1. The average molecular weight is 350 g/mol. The number of benzene rings is 1. The Morgan fingerprint density at radius 3 is 2.83 bits per heavy atom. The molecule has 0 aliphatic carbocycles. The van der Waals surface area contributed by atoms with E-state index in [1.54, 1.807) is 19.6 Å². The maximum atomic E-state index is 12.1. The molecule has 1 N–H and O–H groups in total. The normalized spacial score (nSPS) is 10.5.